The number of benzene rings is 1. The number of halogens is 5. The number of hydrogen-bond acceptors (Lipinski definition) is 5. The lowest BCUT2D eigenvalue weighted by molar-refractivity contribution is -0.162. The lowest BCUT2D eigenvalue weighted by atomic mass is 10.0. The molecule has 5 rings (SSSR count). The van der Waals surface area contributed by atoms with E-state index < -0.39 is 61.6 Å². The zero-order chi connectivity index (χ0) is 28.6. The predicted molar refractivity (Wildman–Crippen MR) is 130 cm³/mol. The first-order valence-corrected chi connectivity index (χ1v) is 12.5. The van der Waals surface area contributed by atoms with Gasteiger partial charge in [-0.15, -0.1) is 0 Å². The van der Waals surface area contributed by atoms with Crippen LogP contribution in [0.5, 0.6) is 0 Å². The van der Waals surface area contributed by atoms with Gasteiger partial charge in [0.15, 0.2) is 17.3 Å². The van der Waals surface area contributed by atoms with Crippen molar-refractivity contribution in [2.45, 2.75) is 37.2 Å². The molecule has 214 valence electrons. The first-order valence-electron chi connectivity index (χ1n) is 12.5. The van der Waals surface area contributed by atoms with Crippen molar-refractivity contribution in [2.75, 3.05) is 32.8 Å². The van der Waals surface area contributed by atoms with Gasteiger partial charge in [0.25, 0.3) is 0 Å². The summed E-state index contributed by atoms with van der Waals surface area (Å²) in [6.07, 6.45) is -3.79. The molecular formula is C25H25F5N6O4. The number of aromatic amines is 1. The largest absolute Gasteiger partial charge is 0.406 e. The molecule has 0 aliphatic carbocycles. The molecule has 10 nitrogen and oxygen atoms in total. The molecule has 3 amide bonds. The Morgan fingerprint density at radius 2 is 1.88 bits per heavy atom. The van der Waals surface area contributed by atoms with Crippen LogP contribution in [0.1, 0.15) is 30.6 Å². The van der Waals surface area contributed by atoms with Gasteiger partial charge in [0.05, 0.1) is 18.7 Å². The molecule has 2 saturated heterocycles. The maximum Gasteiger partial charge on any atom is 0.406 e. The quantitative estimate of drug-likeness (QED) is 0.471. The number of pyridine rings is 1. The van der Waals surface area contributed by atoms with E-state index in [-0.39, 0.29) is 30.4 Å². The highest BCUT2D eigenvalue weighted by molar-refractivity contribution is 5.87. The smallest absolute Gasteiger partial charge is 0.369 e. The third-order valence-electron chi connectivity index (χ3n) is 7.06. The number of piperidine rings is 1. The molecule has 4 heterocycles. The van der Waals surface area contributed by atoms with Crippen molar-refractivity contribution in [1.29, 1.82) is 0 Å². The Morgan fingerprint density at radius 1 is 1.12 bits per heavy atom. The Kier molecular flexibility index (Phi) is 7.49. The number of imidazole rings is 1. The second-order valence-corrected chi connectivity index (χ2v) is 9.69. The van der Waals surface area contributed by atoms with E-state index in [0.717, 1.165) is 12.1 Å². The molecule has 0 unspecified atom stereocenters. The summed E-state index contributed by atoms with van der Waals surface area (Å²) in [5, 5.41) is 2.43. The van der Waals surface area contributed by atoms with Gasteiger partial charge in [-0.3, -0.25) is 14.3 Å². The number of hydrogen-bond donors (Lipinski definition) is 2. The maximum absolute atomic E-state index is 14.4. The number of fused-ring (bicyclic) bond motifs is 1. The van der Waals surface area contributed by atoms with Gasteiger partial charge in [-0.1, -0.05) is 12.1 Å². The van der Waals surface area contributed by atoms with Crippen LogP contribution < -0.4 is 11.0 Å². The summed E-state index contributed by atoms with van der Waals surface area (Å²) in [5.41, 5.74) is 0.411. The van der Waals surface area contributed by atoms with Gasteiger partial charge in [0.2, 0.25) is 5.91 Å². The molecule has 3 aromatic rings. The van der Waals surface area contributed by atoms with Gasteiger partial charge in [0, 0.05) is 30.9 Å². The average molecular weight is 569 g/mol. The van der Waals surface area contributed by atoms with E-state index >= 15 is 0 Å². The van der Waals surface area contributed by atoms with Crippen LogP contribution in [-0.2, 0) is 9.53 Å². The Balaban J connectivity index is 1.28. The van der Waals surface area contributed by atoms with Gasteiger partial charge in [-0.25, -0.2) is 23.4 Å². The van der Waals surface area contributed by atoms with Gasteiger partial charge >= 0.3 is 17.9 Å². The van der Waals surface area contributed by atoms with Crippen molar-refractivity contribution in [3.8, 4) is 0 Å². The van der Waals surface area contributed by atoms with Crippen LogP contribution in [0.3, 0.4) is 0 Å². The number of aromatic nitrogens is 3. The first-order chi connectivity index (χ1) is 19.0. The van der Waals surface area contributed by atoms with Crippen LogP contribution >= 0.6 is 0 Å². The molecule has 0 saturated carbocycles. The predicted octanol–water partition coefficient (Wildman–Crippen LogP) is 2.88. The minimum absolute atomic E-state index is 0.209. The van der Waals surface area contributed by atoms with Crippen molar-refractivity contribution < 1.29 is 36.3 Å². The number of carbonyl (C=O) groups is 2. The van der Waals surface area contributed by atoms with Crippen LogP contribution in [0.25, 0.3) is 11.2 Å². The molecular weight excluding hydrogens is 543 g/mol. The first kappa shape index (κ1) is 27.6. The molecule has 40 heavy (non-hydrogen) atoms. The van der Waals surface area contributed by atoms with Crippen LogP contribution in [-0.4, -0.2) is 81.3 Å². The molecule has 15 heteroatoms. The fourth-order valence-corrected chi connectivity index (χ4v) is 5.15. The standard InChI is InChI=1S/C25H25F5N6O4/c26-16-4-1-3-15(20(16)27)19-11-35(13-25(28,29)30)22(37)17(12-40-19)32-23(38)34-9-6-14(7-10-34)36-18-5-2-8-31-21(18)33-24(36)39/h1-5,8,14,17,19H,6-7,9-13H2,(H,32,38)(H,31,33,39)/t17-,19-/m1/s1. The Hall–Kier alpha value is -4.01. The van der Waals surface area contributed by atoms with Crippen LogP contribution in [0, 0.1) is 11.6 Å². The van der Waals surface area contributed by atoms with E-state index in [2.05, 4.69) is 15.3 Å². The van der Waals surface area contributed by atoms with Crippen molar-refractivity contribution >= 4 is 23.1 Å². The number of H-pyrrole nitrogens is 1. The van der Waals surface area contributed by atoms with Gasteiger partial charge in [-0.05, 0) is 31.0 Å². The Bertz CT molecular complexity index is 1470. The topological polar surface area (TPSA) is 113 Å². The molecule has 2 N–H and O–H groups in total. The number of ether oxygens (including phenoxy) is 1. The SMILES string of the molecule is O=C(N[C@@H]1CO[C@@H](c2cccc(F)c2F)CN(CC(F)(F)F)C1=O)N1CCC(n2c(=O)[nH]c3ncccc32)CC1. The minimum Gasteiger partial charge on any atom is -0.369 e. The van der Waals surface area contributed by atoms with Crippen molar-refractivity contribution in [3.05, 3.63) is 64.2 Å². The molecule has 2 aliphatic rings. The van der Waals surface area contributed by atoms with E-state index in [1.165, 1.54) is 11.0 Å². The van der Waals surface area contributed by atoms with Gasteiger partial charge < -0.3 is 19.9 Å². The van der Waals surface area contributed by atoms with Crippen molar-refractivity contribution in [3.63, 3.8) is 0 Å². The fraction of sp³-hybridized carbons (Fsp3) is 0.440. The summed E-state index contributed by atoms with van der Waals surface area (Å²) in [7, 11) is 0. The summed E-state index contributed by atoms with van der Waals surface area (Å²) < 4.78 is 75.1. The maximum atomic E-state index is 14.4. The monoisotopic (exact) mass is 568 g/mol. The van der Waals surface area contributed by atoms with Crippen LogP contribution in [0.15, 0.2) is 41.3 Å². The highest BCUT2D eigenvalue weighted by Crippen LogP contribution is 2.29. The lowest BCUT2D eigenvalue weighted by Crippen LogP contribution is -2.55. The molecule has 2 aromatic heterocycles. The number of urea groups is 1. The second kappa shape index (κ2) is 10.9. The van der Waals surface area contributed by atoms with E-state index in [1.54, 1.807) is 22.9 Å². The number of carbonyl (C=O) groups excluding carboxylic acids is 2. The third kappa shape index (κ3) is 5.64. The number of nitrogens with one attached hydrogen (secondary N) is 2. The van der Waals surface area contributed by atoms with Gasteiger partial charge in [0.1, 0.15) is 18.7 Å². The zero-order valence-corrected chi connectivity index (χ0v) is 21.0. The summed E-state index contributed by atoms with van der Waals surface area (Å²) in [4.78, 5) is 47.2. The Morgan fingerprint density at radius 3 is 2.60 bits per heavy atom. The second-order valence-electron chi connectivity index (χ2n) is 9.69. The summed E-state index contributed by atoms with van der Waals surface area (Å²) in [6, 6.07) is 4.25. The summed E-state index contributed by atoms with van der Waals surface area (Å²) in [6.45, 7) is -2.48. The van der Waals surface area contributed by atoms with Crippen LogP contribution in [0.4, 0.5) is 26.7 Å². The highest BCUT2D eigenvalue weighted by Gasteiger charge is 2.41. The minimum atomic E-state index is -4.78. The number of rotatable bonds is 4. The normalized spacial score (nSPS) is 21.1. The van der Waals surface area contributed by atoms with E-state index in [9.17, 15) is 36.3 Å². The molecule has 0 spiro atoms. The van der Waals surface area contributed by atoms with Crippen molar-refractivity contribution in [1.82, 2.24) is 29.7 Å². The van der Waals surface area contributed by atoms with Crippen LogP contribution in [0.2, 0.25) is 0 Å². The molecule has 0 radical (unpaired) electrons. The van der Waals surface area contributed by atoms with E-state index in [1.807, 2.05) is 0 Å². The molecule has 2 atom stereocenters. The number of alkyl halides is 3. The number of amides is 3. The zero-order valence-electron chi connectivity index (χ0n) is 21.0. The van der Waals surface area contributed by atoms with E-state index in [4.69, 9.17) is 4.74 Å². The van der Waals surface area contributed by atoms with Gasteiger partial charge in [-0.2, -0.15) is 13.2 Å². The summed E-state index contributed by atoms with van der Waals surface area (Å²) >= 11 is 0. The van der Waals surface area contributed by atoms with E-state index in [0.29, 0.717) is 28.9 Å². The number of nitrogens with zero attached hydrogens (tertiary/aromatic N) is 4. The third-order valence-corrected chi connectivity index (χ3v) is 7.06. The molecule has 1 aromatic carbocycles. The lowest BCUT2D eigenvalue weighted by Gasteiger charge is -2.33. The average Bonchev–Trinajstić information content (AvgIpc) is 3.18. The van der Waals surface area contributed by atoms with Crippen molar-refractivity contribution in [2.24, 2.45) is 0 Å². The molecule has 2 aliphatic heterocycles. The molecule has 2 fully saturated rings. The Labute approximate surface area is 223 Å². The number of likely N-dealkylation sites (tertiary alicyclic amines) is 1. The summed E-state index contributed by atoms with van der Waals surface area (Å²) in [5.74, 6) is -3.56. The fourth-order valence-electron chi connectivity index (χ4n) is 5.15. The molecule has 0 bridgehead atoms. The highest BCUT2D eigenvalue weighted by atomic mass is 19.4.